The Morgan fingerprint density at radius 1 is 1.19 bits per heavy atom. The van der Waals surface area contributed by atoms with Gasteiger partial charge < -0.3 is 5.32 Å². The molecule has 0 atom stereocenters. The summed E-state index contributed by atoms with van der Waals surface area (Å²) in [5.74, 6) is -0.894. The fourth-order valence-electron chi connectivity index (χ4n) is 2.02. The van der Waals surface area contributed by atoms with Gasteiger partial charge in [-0.1, -0.05) is 6.07 Å². The Bertz CT molecular complexity index is 632. The summed E-state index contributed by atoms with van der Waals surface area (Å²) in [6.45, 7) is 2.28. The molecule has 0 aliphatic heterocycles. The predicted octanol–water partition coefficient (Wildman–Crippen LogP) is 3.18. The summed E-state index contributed by atoms with van der Waals surface area (Å²) in [6.07, 6.45) is -2.90. The van der Waals surface area contributed by atoms with E-state index in [0.29, 0.717) is 12.6 Å². The molecule has 0 spiro atoms. The van der Waals surface area contributed by atoms with Crippen LogP contribution in [0.2, 0.25) is 0 Å². The number of aromatic nitrogens is 2. The molecular weight excluding hydrogens is 286 g/mol. The van der Waals surface area contributed by atoms with E-state index < -0.39 is 17.6 Å². The van der Waals surface area contributed by atoms with Gasteiger partial charge in [0, 0.05) is 31.4 Å². The molecule has 0 amide bonds. The Kier molecular flexibility index (Phi) is 4.32. The molecule has 0 bridgehead atoms. The smallest absolute Gasteiger partial charge is 0.308 e. The Morgan fingerprint density at radius 2 is 1.86 bits per heavy atom. The first-order valence-corrected chi connectivity index (χ1v) is 6.33. The molecule has 21 heavy (non-hydrogen) atoms. The molecule has 0 saturated heterocycles. The van der Waals surface area contributed by atoms with Gasteiger partial charge in [0.1, 0.15) is 5.82 Å². The second kappa shape index (κ2) is 5.85. The van der Waals surface area contributed by atoms with Gasteiger partial charge in [-0.2, -0.15) is 18.3 Å². The van der Waals surface area contributed by atoms with Crippen LogP contribution in [0.15, 0.2) is 24.4 Å². The van der Waals surface area contributed by atoms with Crippen molar-refractivity contribution < 1.29 is 17.6 Å². The fourth-order valence-corrected chi connectivity index (χ4v) is 2.02. The Hall–Kier alpha value is -1.89. The van der Waals surface area contributed by atoms with Gasteiger partial charge in [-0.25, -0.2) is 4.39 Å². The first-order valence-electron chi connectivity index (χ1n) is 6.33. The number of benzene rings is 1. The zero-order chi connectivity index (χ0) is 15.6. The fraction of sp³-hybridized carbons (Fsp3) is 0.357. The number of nitrogens with one attached hydrogen (secondary N) is 1. The average Bonchev–Trinajstić information content (AvgIpc) is 2.71. The van der Waals surface area contributed by atoms with Crippen LogP contribution in [0.3, 0.4) is 0 Å². The number of hydrogen-bond donors (Lipinski definition) is 1. The molecule has 0 unspecified atom stereocenters. The van der Waals surface area contributed by atoms with Crippen molar-refractivity contribution >= 4 is 0 Å². The van der Waals surface area contributed by atoms with E-state index in [4.69, 9.17) is 0 Å². The molecule has 0 radical (unpaired) electrons. The highest BCUT2D eigenvalue weighted by Gasteiger charge is 2.33. The second-order valence-corrected chi connectivity index (χ2v) is 4.78. The second-order valence-electron chi connectivity index (χ2n) is 4.78. The van der Waals surface area contributed by atoms with Crippen LogP contribution in [0.1, 0.15) is 22.4 Å². The number of alkyl halides is 3. The van der Waals surface area contributed by atoms with Crippen LogP contribution in [0, 0.1) is 12.7 Å². The average molecular weight is 301 g/mol. The molecule has 1 aromatic heterocycles. The van der Waals surface area contributed by atoms with Gasteiger partial charge >= 0.3 is 6.18 Å². The molecule has 0 aliphatic rings. The van der Waals surface area contributed by atoms with Crippen LogP contribution in [0.4, 0.5) is 17.6 Å². The number of aryl methyl sites for hydroxylation is 1. The van der Waals surface area contributed by atoms with E-state index in [1.54, 1.807) is 17.9 Å². The quantitative estimate of drug-likeness (QED) is 0.879. The Morgan fingerprint density at radius 3 is 2.43 bits per heavy atom. The maximum Gasteiger partial charge on any atom is 0.416 e. The molecule has 0 saturated carbocycles. The largest absolute Gasteiger partial charge is 0.416 e. The van der Waals surface area contributed by atoms with Crippen molar-refractivity contribution in [3.8, 4) is 0 Å². The van der Waals surface area contributed by atoms with Crippen molar-refractivity contribution in [3.63, 3.8) is 0 Å². The third-order valence-corrected chi connectivity index (χ3v) is 3.35. The lowest BCUT2D eigenvalue weighted by Gasteiger charge is -2.13. The monoisotopic (exact) mass is 301 g/mol. The summed E-state index contributed by atoms with van der Waals surface area (Å²) in [5.41, 5.74) is 0.925. The molecule has 0 fully saturated rings. The molecule has 1 heterocycles. The van der Waals surface area contributed by atoms with Crippen LogP contribution >= 0.6 is 0 Å². The summed E-state index contributed by atoms with van der Waals surface area (Å²) >= 11 is 0. The zero-order valence-corrected chi connectivity index (χ0v) is 11.6. The van der Waals surface area contributed by atoms with Crippen molar-refractivity contribution in [3.05, 3.63) is 52.6 Å². The van der Waals surface area contributed by atoms with Crippen LogP contribution in [0.25, 0.3) is 0 Å². The van der Waals surface area contributed by atoms with E-state index >= 15 is 0 Å². The Balaban J connectivity index is 2.08. The SMILES string of the molecule is Cc1c(CNCc2ccc(F)cc2C(F)(F)F)cnn1C. The first-order chi connectivity index (χ1) is 9.79. The number of rotatable bonds is 4. The highest BCUT2D eigenvalue weighted by molar-refractivity contribution is 5.30. The van der Waals surface area contributed by atoms with Crippen molar-refractivity contribution in [2.24, 2.45) is 7.05 Å². The summed E-state index contributed by atoms with van der Waals surface area (Å²) in [6, 6.07) is 2.70. The minimum Gasteiger partial charge on any atom is -0.308 e. The number of halogens is 4. The standard InChI is InChI=1S/C14H15F4N3/c1-9-11(8-20-21(9)2)7-19-6-10-3-4-12(15)5-13(10)14(16,17)18/h3-5,8,19H,6-7H2,1-2H3. The van der Waals surface area contributed by atoms with Crippen molar-refractivity contribution in [1.29, 1.82) is 0 Å². The molecule has 2 aromatic rings. The summed E-state index contributed by atoms with van der Waals surface area (Å²) < 4.78 is 53.2. The van der Waals surface area contributed by atoms with Crippen LogP contribution in [-0.4, -0.2) is 9.78 Å². The molecule has 1 N–H and O–H groups in total. The molecule has 1 aromatic carbocycles. The number of hydrogen-bond acceptors (Lipinski definition) is 2. The topological polar surface area (TPSA) is 29.9 Å². The van der Waals surface area contributed by atoms with Gasteiger partial charge in [0.25, 0.3) is 0 Å². The molecule has 3 nitrogen and oxygen atoms in total. The molecular formula is C14H15F4N3. The zero-order valence-electron chi connectivity index (χ0n) is 11.6. The van der Waals surface area contributed by atoms with Gasteiger partial charge in [0.05, 0.1) is 11.8 Å². The predicted molar refractivity (Wildman–Crippen MR) is 69.9 cm³/mol. The summed E-state index contributed by atoms with van der Waals surface area (Å²) in [7, 11) is 1.79. The normalized spacial score (nSPS) is 11.9. The maximum atomic E-state index is 13.0. The van der Waals surface area contributed by atoms with Gasteiger partial charge in [0.2, 0.25) is 0 Å². The third-order valence-electron chi connectivity index (χ3n) is 3.35. The lowest BCUT2D eigenvalue weighted by atomic mass is 10.1. The third kappa shape index (κ3) is 3.60. The van der Waals surface area contributed by atoms with Crippen molar-refractivity contribution in [2.45, 2.75) is 26.2 Å². The van der Waals surface area contributed by atoms with Gasteiger partial charge in [0.15, 0.2) is 0 Å². The minimum atomic E-state index is -4.57. The van der Waals surface area contributed by atoms with Gasteiger partial charge in [-0.05, 0) is 24.6 Å². The van der Waals surface area contributed by atoms with E-state index in [2.05, 4.69) is 10.4 Å². The highest BCUT2D eigenvalue weighted by atomic mass is 19.4. The van der Waals surface area contributed by atoms with E-state index in [1.165, 1.54) is 0 Å². The lowest BCUT2D eigenvalue weighted by Crippen LogP contribution is -2.18. The van der Waals surface area contributed by atoms with E-state index in [1.807, 2.05) is 6.92 Å². The van der Waals surface area contributed by atoms with Crippen molar-refractivity contribution in [2.75, 3.05) is 0 Å². The van der Waals surface area contributed by atoms with Crippen LogP contribution in [-0.2, 0) is 26.3 Å². The highest BCUT2D eigenvalue weighted by Crippen LogP contribution is 2.32. The Labute approximate surface area is 119 Å². The van der Waals surface area contributed by atoms with Crippen LogP contribution < -0.4 is 5.32 Å². The molecule has 2 rings (SSSR count). The molecule has 0 aliphatic carbocycles. The van der Waals surface area contributed by atoms with E-state index in [9.17, 15) is 17.6 Å². The first kappa shape index (κ1) is 15.5. The van der Waals surface area contributed by atoms with Crippen molar-refractivity contribution in [1.82, 2.24) is 15.1 Å². The van der Waals surface area contributed by atoms with Crippen LogP contribution in [0.5, 0.6) is 0 Å². The maximum absolute atomic E-state index is 13.0. The molecule has 7 heteroatoms. The van der Waals surface area contributed by atoms with Gasteiger partial charge in [-0.3, -0.25) is 4.68 Å². The molecule has 114 valence electrons. The summed E-state index contributed by atoms with van der Waals surface area (Å²) in [5, 5.41) is 6.99. The van der Waals surface area contributed by atoms with E-state index in [-0.39, 0.29) is 12.1 Å². The lowest BCUT2D eigenvalue weighted by molar-refractivity contribution is -0.138. The van der Waals surface area contributed by atoms with Gasteiger partial charge in [-0.15, -0.1) is 0 Å². The number of nitrogens with zero attached hydrogens (tertiary/aromatic N) is 2. The summed E-state index contributed by atoms with van der Waals surface area (Å²) in [4.78, 5) is 0. The van der Waals surface area contributed by atoms with E-state index in [0.717, 1.165) is 23.4 Å². The minimum absolute atomic E-state index is 0.00343.